The molecule has 31 heteroatoms. The summed E-state index contributed by atoms with van der Waals surface area (Å²) in [7, 11) is 4.71. The van der Waals surface area contributed by atoms with E-state index < -0.39 is 0 Å². The minimum absolute atomic E-state index is 0.0618. The van der Waals surface area contributed by atoms with Gasteiger partial charge in [0.05, 0.1) is 38.4 Å². The highest BCUT2D eigenvalue weighted by Crippen LogP contribution is 2.38. The normalized spacial score (nSPS) is 11.6. The maximum Gasteiger partial charge on any atom is 0.252 e. The molecule has 0 spiro atoms. The highest BCUT2D eigenvalue weighted by atomic mass is 79.9. The SMILES string of the molecule is Brc1ccccn1.COc1c(N)ccc2c1CNC2=O.COc1c(Nc2cc(Nc3ccccn3)ncn2)ccc2c1CNC2=O.COc1c(Nc2cc(Nc3ccccn3)ncn2)ccc2c1CNC2=O.Clc1cc(Nc2ccccn2)ncn1.Nc1cc(Cl)ncn1. The molecule has 0 saturated heterocycles. The summed E-state index contributed by atoms with van der Waals surface area (Å²) < 4.78 is 17.0. The summed E-state index contributed by atoms with van der Waals surface area (Å²) in [5, 5.41) is 24.8. The zero-order valence-corrected chi connectivity index (χ0v) is 53.1. The molecule has 8 aromatic heterocycles. The van der Waals surface area contributed by atoms with Crippen LogP contribution in [0.4, 0.5) is 69.4 Å². The lowest BCUT2D eigenvalue weighted by Crippen LogP contribution is -2.12. The van der Waals surface area contributed by atoms with Gasteiger partial charge in [-0.05, 0) is 101 Å². The number of aromatic nitrogens is 12. The van der Waals surface area contributed by atoms with Crippen molar-refractivity contribution in [2.75, 3.05) is 59.4 Å². The molecule has 3 aliphatic rings. The van der Waals surface area contributed by atoms with Gasteiger partial charge >= 0.3 is 0 Å². The first-order chi connectivity index (χ1) is 45.7. The minimum atomic E-state index is -0.0891. The van der Waals surface area contributed by atoms with E-state index in [1.807, 2.05) is 72.8 Å². The van der Waals surface area contributed by atoms with Crippen LogP contribution in [0, 0.1) is 0 Å². The van der Waals surface area contributed by atoms with E-state index in [4.69, 9.17) is 48.9 Å². The van der Waals surface area contributed by atoms with Gasteiger partial charge in [0, 0.05) is 102 Å². The molecule has 0 aliphatic carbocycles. The molecule has 0 fully saturated rings. The number of pyridine rings is 4. The second kappa shape index (κ2) is 33.2. The minimum Gasteiger partial charge on any atom is -0.494 e. The molecule has 14 rings (SSSR count). The Morgan fingerprint density at radius 1 is 0.394 bits per heavy atom. The maximum atomic E-state index is 11.8. The van der Waals surface area contributed by atoms with E-state index in [1.165, 1.54) is 31.4 Å². The number of carbonyl (C=O) groups excluding carboxylic acids is 3. The molecule has 0 radical (unpaired) electrons. The van der Waals surface area contributed by atoms with Crippen LogP contribution in [0.1, 0.15) is 47.8 Å². The lowest BCUT2D eigenvalue weighted by molar-refractivity contribution is 0.0957. The number of ether oxygens (including phenoxy) is 3. The average Bonchev–Trinajstić information content (AvgIpc) is 1.63. The molecular formula is C63H57BrCl2N22O6. The Hall–Kier alpha value is -12.0. The number of nitrogens with zero attached hydrogens (tertiary/aromatic N) is 12. The van der Waals surface area contributed by atoms with Crippen molar-refractivity contribution in [3.63, 3.8) is 0 Å². The highest BCUT2D eigenvalue weighted by molar-refractivity contribution is 9.10. The molecule has 0 atom stereocenters. The molecule has 11 aromatic rings. The molecule has 3 amide bonds. The summed E-state index contributed by atoms with van der Waals surface area (Å²) in [4.78, 5) is 83.1. The number of rotatable bonds is 13. The molecule has 476 valence electrons. The molecule has 0 bridgehead atoms. The number of anilines is 12. The van der Waals surface area contributed by atoms with Crippen LogP contribution in [-0.2, 0) is 19.6 Å². The van der Waals surface area contributed by atoms with Gasteiger partial charge in [0.15, 0.2) is 0 Å². The first-order valence-electron chi connectivity index (χ1n) is 27.9. The zero-order chi connectivity index (χ0) is 66.2. The molecule has 3 aliphatic heterocycles. The molecule has 0 unspecified atom stereocenters. The Kier molecular flexibility index (Phi) is 23.5. The van der Waals surface area contributed by atoms with Gasteiger partial charge in [-0.25, -0.2) is 59.8 Å². The summed E-state index contributed by atoms with van der Waals surface area (Å²) >= 11 is 14.3. The molecular weight excluding hydrogens is 1310 g/mol. The predicted molar refractivity (Wildman–Crippen MR) is 361 cm³/mol. The van der Waals surface area contributed by atoms with Crippen LogP contribution < -0.4 is 68.2 Å². The first-order valence-corrected chi connectivity index (χ1v) is 29.5. The van der Waals surface area contributed by atoms with E-state index in [0.29, 0.717) is 116 Å². The van der Waals surface area contributed by atoms with E-state index in [2.05, 4.69) is 118 Å². The van der Waals surface area contributed by atoms with Crippen molar-refractivity contribution in [2.45, 2.75) is 19.6 Å². The summed E-state index contributed by atoms with van der Waals surface area (Å²) in [6.45, 7) is 1.40. The number of nitrogens with two attached hydrogens (primary N) is 2. The van der Waals surface area contributed by atoms with E-state index in [-0.39, 0.29) is 17.7 Å². The predicted octanol–water partition coefficient (Wildman–Crippen LogP) is 10.6. The summed E-state index contributed by atoms with van der Waals surface area (Å²) in [5.41, 5.74) is 17.4. The molecule has 28 nitrogen and oxygen atoms in total. The highest BCUT2D eigenvalue weighted by Gasteiger charge is 2.27. The number of benzene rings is 3. The van der Waals surface area contributed by atoms with Crippen LogP contribution in [0.5, 0.6) is 17.2 Å². The summed E-state index contributed by atoms with van der Waals surface area (Å²) in [6, 6.07) is 39.7. The van der Waals surface area contributed by atoms with Crippen molar-refractivity contribution in [2.24, 2.45) is 0 Å². The number of methoxy groups -OCH3 is 3. The Morgan fingerprint density at radius 3 is 1.10 bits per heavy atom. The molecule has 0 saturated carbocycles. The quantitative estimate of drug-likeness (QED) is 0.0291. The fourth-order valence-electron chi connectivity index (χ4n) is 8.82. The van der Waals surface area contributed by atoms with Crippen LogP contribution in [0.25, 0.3) is 0 Å². The second-order valence-corrected chi connectivity index (χ2v) is 20.7. The number of halogens is 3. The first kappa shape index (κ1) is 66.5. The number of carbonyl (C=O) groups is 3. The Bertz CT molecular complexity index is 4200. The largest absolute Gasteiger partial charge is 0.494 e. The lowest BCUT2D eigenvalue weighted by atomic mass is 10.1. The van der Waals surface area contributed by atoms with Gasteiger partial charge in [0.1, 0.15) is 110 Å². The van der Waals surface area contributed by atoms with Crippen LogP contribution in [0.15, 0.2) is 188 Å². The molecule has 12 N–H and O–H groups in total. The summed E-state index contributed by atoms with van der Waals surface area (Å²) in [5.74, 6) is 7.15. The number of amides is 3. The van der Waals surface area contributed by atoms with E-state index in [0.717, 1.165) is 38.5 Å². The van der Waals surface area contributed by atoms with Crippen molar-refractivity contribution in [3.8, 4) is 17.2 Å². The zero-order valence-electron chi connectivity index (χ0n) is 50.0. The molecule has 11 heterocycles. The van der Waals surface area contributed by atoms with Crippen LogP contribution in [-0.4, -0.2) is 98.9 Å². The van der Waals surface area contributed by atoms with Gasteiger partial charge in [-0.15, -0.1) is 0 Å². The van der Waals surface area contributed by atoms with Crippen LogP contribution >= 0.6 is 39.1 Å². The van der Waals surface area contributed by atoms with E-state index in [1.54, 1.807) is 101 Å². The van der Waals surface area contributed by atoms with Crippen molar-refractivity contribution in [1.82, 2.24) is 75.8 Å². The standard InChI is InChI=1S/2C18H16N6O2.C9H7ClN4.C9H10N2O2.C5H4BrN.C4H4ClN3/c2*1-26-17-12-9-20-18(25)11(12)5-6-13(17)23-15-8-16(22-10-21-15)24-14-4-2-3-7-19-14;10-7-5-9(13-6-12-7)14-8-3-1-2-4-11-8;1-13-8-6-4-11-9(12)5(6)2-3-7(8)10;6-5-3-1-2-4-7-5;5-3-1-4(6)8-2-7-3/h2*2-8,10H,9H2,1H3,(H,20,25)(H2,19,21,22,23,24);1-6H,(H,11,12,13,14);2-3H,4,10H2,1H3,(H,11,12);1-4H;1-2H,(H2,6,7,8). The van der Waals surface area contributed by atoms with Gasteiger partial charge in [-0.3, -0.25) is 14.4 Å². The smallest absolute Gasteiger partial charge is 0.252 e. The fourth-order valence-corrected chi connectivity index (χ4v) is 9.39. The van der Waals surface area contributed by atoms with Crippen molar-refractivity contribution in [1.29, 1.82) is 0 Å². The Labute approximate surface area is 555 Å². The number of nitrogens with one attached hydrogen (secondary N) is 8. The Morgan fingerprint density at radius 2 is 0.755 bits per heavy atom. The molecule has 3 aromatic carbocycles. The topological polar surface area (TPSA) is 382 Å². The van der Waals surface area contributed by atoms with Gasteiger partial charge in [0.25, 0.3) is 17.7 Å². The second-order valence-electron chi connectivity index (χ2n) is 19.1. The fraction of sp³-hybridized carbons (Fsp3) is 0.0952. The number of hydrogen-bond acceptors (Lipinski definition) is 25. The van der Waals surface area contributed by atoms with Crippen LogP contribution in [0.3, 0.4) is 0 Å². The summed E-state index contributed by atoms with van der Waals surface area (Å²) in [6.07, 6.45) is 12.5. The third-order valence-corrected chi connectivity index (χ3v) is 13.9. The van der Waals surface area contributed by atoms with Crippen molar-refractivity contribution >= 4 is 126 Å². The monoisotopic (exact) mass is 1370 g/mol. The third kappa shape index (κ3) is 18.6. The van der Waals surface area contributed by atoms with Gasteiger partial charge < -0.3 is 68.2 Å². The molecule has 94 heavy (non-hydrogen) atoms. The lowest BCUT2D eigenvalue weighted by Gasteiger charge is -2.14. The average molecular weight is 1370 g/mol. The third-order valence-electron chi connectivity index (χ3n) is 13.0. The Balaban J connectivity index is 0.000000141. The van der Waals surface area contributed by atoms with Crippen molar-refractivity contribution in [3.05, 3.63) is 232 Å². The number of hydrogen-bond donors (Lipinski definition) is 10. The van der Waals surface area contributed by atoms with E-state index in [9.17, 15) is 14.4 Å². The van der Waals surface area contributed by atoms with Gasteiger partial charge in [0.2, 0.25) is 0 Å². The number of fused-ring (bicyclic) bond motifs is 3. The van der Waals surface area contributed by atoms with Gasteiger partial charge in [-0.1, -0.05) is 47.5 Å². The van der Waals surface area contributed by atoms with Crippen LogP contribution in [0.2, 0.25) is 10.3 Å². The van der Waals surface area contributed by atoms with Gasteiger partial charge in [-0.2, -0.15) is 0 Å². The van der Waals surface area contributed by atoms with Crippen molar-refractivity contribution < 1.29 is 28.6 Å². The van der Waals surface area contributed by atoms with E-state index >= 15 is 0 Å². The maximum absolute atomic E-state index is 11.8. The number of nitrogen functional groups attached to an aromatic ring is 2.